The number of halogens is 1. The second kappa shape index (κ2) is 9.75. The first-order chi connectivity index (χ1) is 16.0. The van der Waals surface area contributed by atoms with Crippen LogP contribution in [0.25, 0.3) is 16.6 Å². The minimum Gasteiger partial charge on any atom is -0.483 e. The first kappa shape index (κ1) is 23.0. The summed E-state index contributed by atoms with van der Waals surface area (Å²) in [7, 11) is 0. The van der Waals surface area contributed by atoms with Crippen molar-refractivity contribution in [3.63, 3.8) is 0 Å². The molecular weight excluding hydrogens is 421 g/mol. The van der Waals surface area contributed by atoms with Crippen LogP contribution in [0.4, 0.5) is 10.1 Å². The van der Waals surface area contributed by atoms with Crippen LogP contribution in [0.3, 0.4) is 0 Å². The summed E-state index contributed by atoms with van der Waals surface area (Å²) in [5.41, 5.74) is 12.4. The van der Waals surface area contributed by atoms with Gasteiger partial charge in [0.15, 0.2) is 0 Å². The molecule has 4 N–H and O–H groups in total. The lowest BCUT2D eigenvalue weighted by atomic mass is 9.70. The smallest absolute Gasteiger partial charge is 0.290 e. The second-order valence-corrected chi connectivity index (χ2v) is 9.02. The Balaban J connectivity index is 0.000000821. The monoisotopic (exact) mass is 451 g/mol. The Bertz CT molecular complexity index is 1140. The zero-order valence-corrected chi connectivity index (χ0v) is 18.8. The first-order valence-electron chi connectivity index (χ1n) is 11.4. The third-order valence-electron chi connectivity index (χ3n) is 6.88. The molecule has 0 bridgehead atoms. The lowest BCUT2D eigenvalue weighted by molar-refractivity contribution is -0.122. The van der Waals surface area contributed by atoms with E-state index in [1.54, 1.807) is 0 Å². The van der Waals surface area contributed by atoms with Crippen LogP contribution in [-0.2, 0) is 9.53 Å². The van der Waals surface area contributed by atoms with Gasteiger partial charge in [0.2, 0.25) is 0 Å². The number of ether oxygens (including phenoxy) is 1. The van der Waals surface area contributed by atoms with Gasteiger partial charge in [0.05, 0.1) is 5.52 Å². The van der Waals surface area contributed by atoms with Gasteiger partial charge >= 0.3 is 0 Å². The molecule has 7 heteroatoms. The molecule has 1 saturated heterocycles. The molecule has 2 aromatic carbocycles. The average molecular weight is 452 g/mol. The van der Waals surface area contributed by atoms with E-state index < -0.39 is 0 Å². The van der Waals surface area contributed by atoms with Crippen molar-refractivity contribution in [2.75, 3.05) is 18.9 Å². The Morgan fingerprint density at radius 3 is 2.36 bits per heavy atom. The van der Waals surface area contributed by atoms with Gasteiger partial charge in [0, 0.05) is 53.4 Å². The Morgan fingerprint density at radius 2 is 1.79 bits per heavy atom. The standard InChI is InChI=1S/C25H28FN3O.CH2O2/c1-15-10-17(11-15)24-21-13-22(28)18(14-27)12-23(21)29(20-4-2-19(26)3-5-20)25(24)16-6-8-30-9-7-16;2-1-3/h2-5,12-17,27H,6-11,28H2,1H3;1H,(H,2,3). The highest BCUT2D eigenvalue weighted by atomic mass is 19.1. The minimum atomic E-state index is -0.250. The summed E-state index contributed by atoms with van der Waals surface area (Å²) in [4.78, 5) is 8.36. The van der Waals surface area contributed by atoms with E-state index in [-0.39, 0.29) is 12.3 Å². The van der Waals surface area contributed by atoms with E-state index in [0.29, 0.717) is 17.5 Å². The van der Waals surface area contributed by atoms with E-state index in [2.05, 4.69) is 17.6 Å². The topological polar surface area (TPSA) is 101 Å². The molecule has 0 radical (unpaired) electrons. The van der Waals surface area contributed by atoms with Crippen molar-refractivity contribution in [1.82, 2.24) is 4.57 Å². The predicted molar refractivity (Wildman–Crippen MR) is 128 cm³/mol. The van der Waals surface area contributed by atoms with Crippen LogP contribution in [0.2, 0.25) is 0 Å². The molecule has 1 aliphatic heterocycles. The van der Waals surface area contributed by atoms with Gasteiger partial charge in [-0.3, -0.25) is 4.79 Å². The third kappa shape index (κ3) is 4.37. The van der Waals surface area contributed by atoms with Gasteiger partial charge in [0.1, 0.15) is 5.82 Å². The van der Waals surface area contributed by atoms with Crippen LogP contribution in [0, 0.1) is 17.1 Å². The summed E-state index contributed by atoms with van der Waals surface area (Å²) in [5, 5.41) is 15.9. The molecule has 5 rings (SSSR count). The third-order valence-corrected chi connectivity index (χ3v) is 6.88. The summed E-state index contributed by atoms with van der Waals surface area (Å²) in [6.07, 6.45) is 5.66. The van der Waals surface area contributed by atoms with E-state index in [1.165, 1.54) is 47.8 Å². The molecule has 6 nitrogen and oxygen atoms in total. The molecule has 2 heterocycles. The van der Waals surface area contributed by atoms with Crippen molar-refractivity contribution < 1.29 is 19.0 Å². The van der Waals surface area contributed by atoms with E-state index in [9.17, 15) is 4.39 Å². The number of anilines is 1. The number of hydrogen-bond donors (Lipinski definition) is 3. The summed E-state index contributed by atoms with van der Waals surface area (Å²) >= 11 is 0. The number of fused-ring (bicyclic) bond motifs is 1. The Hall–Kier alpha value is -3.19. The van der Waals surface area contributed by atoms with E-state index in [4.69, 9.17) is 25.8 Å². The van der Waals surface area contributed by atoms with Gasteiger partial charge in [-0.1, -0.05) is 6.92 Å². The Kier molecular flexibility index (Phi) is 6.79. The molecule has 3 aromatic rings. The molecule has 0 atom stereocenters. The average Bonchev–Trinajstić information content (AvgIpc) is 3.11. The number of nitrogens with two attached hydrogens (primary N) is 1. The number of hydrogen-bond acceptors (Lipinski definition) is 4. The minimum absolute atomic E-state index is 0.236. The molecule has 1 aliphatic carbocycles. The molecule has 2 aliphatic rings. The van der Waals surface area contributed by atoms with Gasteiger partial charge in [0.25, 0.3) is 6.47 Å². The predicted octanol–water partition coefficient (Wildman–Crippen LogP) is 5.46. The Labute approximate surface area is 192 Å². The number of nitrogens with zero attached hydrogens (tertiary/aromatic N) is 1. The number of aromatic nitrogens is 1. The van der Waals surface area contributed by atoms with Crippen molar-refractivity contribution in [3.8, 4) is 5.69 Å². The van der Waals surface area contributed by atoms with E-state index >= 15 is 0 Å². The lowest BCUT2D eigenvalue weighted by Crippen LogP contribution is -2.23. The normalized spacial score (nSPS) is 20.5. The fourth-order valence-corrected chi connectivity index (χ4v) is 5.34. The van der Waals surface area contributed by atoms with Crippen molar-refractivity contribution in [1.29, 1.82) is 5.41 Å². The molecule has 1 saturated carbocycles. The molecule has 0 unspecified atom stereocenters. The molecule has 1 aromatic heterocycles. The molecule has 2 fully saturated rings. The van der Waals surface area contributed by atoms with Gasteiger partial charge < -0.3 is 25.6 Å². The lowest BCUT2D eigenvalue weighted by Gasteiger charge is -2.35. The zero-order valence-electron chi connectivity index (χ0n) is 18.8. The van der Waals surface area contributed by atoms with Gasteiger partial charge in [-0.05, 0) is 79.5 Å². The number of carbonyl (C=O) groups is 1. The molecule has 0 spiro atoms. The summed E-state index contributed by atoms with van der Waals surface area (Å²) < 4.78 is 21.7. The van der Waals surface area contributed by atoms with Gasteiger partial charge in [-0.2, -0.15) is 0 Å². The number of rotatable bonds is 4. The zero-order chi connectivity index (χ0) is 23.5. The van der Waals surface area contributed by atoms with Gasteiger partial charge in [-0.15, -0.1) is 0 Å². The SMILES string of the molecule is CC1CC(c2c(C3CCOCC3)n(-c3ccc(F)cc3)c3cc(C=N)c(N)cc23)C1.O=CO. The summed E-state index contributed by atoms with van der Waals surface area (Å²) in [6, 6.07) is 10.8. The highest BCUT2D eigenvalue weighted by molar-refractivity contribution is 5.98. The van der Waals surface area contributed by atoms with Crippen molar-refractivity contribution in [3.05, 3.63) is 59.0 Å². The summed E-state index contributed by atoms with van der Waals surface area (Å²) in [6.45, 7) is 3.60. The summed E-state index contributed by atoms with van der Waals surface area (Å²) in [5.74, 6) is 1.42. The first-order valence-corrected chi connectivity index (χ1v) is 11.4. The van der Waals surface area contributed by atoms with Crippen LogP contribution in [0.1, 0.15) is 61.3 Å². The maximum absolute atomic E-state index is 13.7. The van der Waals surface area contributed by atoms with Gasteiger partial charge in [-0.25, -0.2) is 4.39 Å². The molecule has 0 amide bonds. The maximum Gasteiger partial charge on any atom is 0.290 e. The second-order valence-electron chi connectivity index (χ2n) is 9.02. The van der Waals surface area contributed by atoms with Crippen molar-refractivity contribution in [2.45, 2.75) is 44.4 Å². The number of benzene rings is 2. The maximum atomic E-state index is 13.7. The molecular formula is C26H30FN3O3. The van der Waals surface area contributed by atoms with Crippen LogP contribution in [0.15, 0.2) is 36.4 Å². The van der Waals surface area contributed by atoms with Crippen LogP contribution >= 0.6 is 0 Å². The number of carboxylic acid groups (broad SMARTS) is 1. The highest BCUT2D eigenvalue weighted by Gasteiger charge is 2.35. The van der Waals surface area contributed by atoms with E-state index in [1.807, 2.05) is 18.2 Å². The number of nitrogens with one attached hydrogen (secondary N) is 1. The Morgan fingerprint density at radius 1 is 1.15 bits per heavy atom. The fraction of sp³-hybridized carbons (Fsp3) is 0.385. The molecule has 33 heavy (non-hydrogen) atoms. The fourth-order valence-electron chi connectivity index (χ4n) is 5.34. The van der Waals surface area contributed by atoms with Crippen LogP contribution in [-0.4, -0.2) is 35.6 Å². The van der Waals surface area contributed by atoms with Crippen LogP contribution < -0.4 is 5.73 Å². The van der Waals surface area contributed by atoms with Crippen molar-refractivity contribution in [2.24, 2.45) is 5.92 Å². The highest BCUT2D eigenvalue weighted by Crippen LogP contribution is 2.50. The van der Waals surface area contributed by atoms with Crippen molar-refractivity contribution >= 4 is 29.3 Å². The number of nitrogen functional groups attached to an aromatic ring is 1. The largest absolute Gasteiger partial charge is 0.483 e. The van der Waals surface area contributed by atoms with E-state index in [0.717, 1.165) is 48.7 Å². The van der Waals surface area contributed by atoms with Crippen LogP contribution in [0.5, 0.6) is 0 Å². The molecule has 174 valence electrons. The quantitative estimate of drug-likeness (QED) is 0.279.